The van der Waals surface area contributed by atoms with Gasteiger partial charge in [0.05, 0.1) is 19.8 Å². The van der Waals surface area contributed by atoms with Crippen molar-refractivity contribution in [1.82, 2.24) is 4.90 Å². The van der Waals surface area contributed by atoms with E-state index in [1.807, 2.05) is 60.7 Å². The summed E-state index contributed by atoms with van der Waals surface area (Å²) in [7, 11) is -4.64. The number of phosphoric acid groups is 1. The van der Waals surface area contributed by atoms with Crippen molar-refractivity contribution in [3.05, 3.63) is 60.7 Å². The molecule has 0 heterocycles. The molecular weight excluding hydrogens is 389 g/mol. The minimum Gasteiger partial charge on any atom is -0.457 e. The lowest BCUT2D eigenvalue weighted by atomic mass is 10.3. The Morgan fingerprint density at radius 3 is 1.21 bits per heavy atom. The predicted molar refractivity (Wildman–Crippen MR) is 105 cm³/mol. The summed E-state index contributed by atoms with van der Waals surface area (Å²) in [6.07, 6.45) is 0. The Morgan fingerprint density at radius 2 is 0.964 bits per heavy atom. The van der Waals surface area contributed by atoms with Crippen LogP contribution in [-0.4, -0.2) is 74.4 Å². The zero-order chi connectivity index (χ0) is 21.3. The molecular formula is C18H28NO8P. The monoisotopic (exact) mass is 417 g/mol. The van der Waals surface area contributed by atoms with Crippen molar-refractivity contribution in [2.24, 2.45) is 0 Å². The maximum atomic E-state index is 8.88. The van der Waals surface area contributed by atoms with Gasteiger partial charge in [0.2, 0.25) is 0 Å². The van der Waals surface area contributed by atoms with Crippen LogP contribution < -0.4 is 4.74 Å². The fourth-order valence-corrected chi connectivity index (χ4v) is 1.87. The first-order valence-electron chi connectivity index (χ1n) is 8.41. The average Bonchev–Trinajstić information content (AvgIpc) is 2.63. The number of hydrogen-bond acceptors (Lipinski definition) is 6. The second kappa shape index (κ2) is 16.2. The molecule has 0 amide bonds. The second-order valence-electron chi connectivity index (χ2n) is 5.25. The zero-order valence-electron chi connectivity index (χ0n) is 15.4. The molecule has 0 unspecified atom stereocenters. The number of para-hydroxylation sites is 2. The van der Waals surface area contributed by atoms with Gasteiger partial charge in [0, 0.05) is 19.6 Å². The molecule has 0 aliphatic rings. The minimum atomic E-state index is -4.64. The van der Waals surface area contributed by atoms with Crippen LogP contribution in [0.3, 0.4) is 0 Å². The predicted octanol–water partition coefficient (Wildman–Crippen LogP) is 0.816. The normalized spacial score (nSPS) is 10.4. The van der Waals surface area contributed by atoms with Crippen LogP contribution in [0.2, 0.25) is 0 Å². The molecule has 0 radical (unpaired) electrons. The van der Waals surface area contributed by atoms with Crippen LogP contribution in [0.1, 0.15) is 0 Å². The Bertz CT molecular complexity index is 579. The van der Waals surface area contributed by atoms with Crippen LogP contribution in [0, 0.1) is 0 Å². The molecule has 0 aromatic heterocycles. The molecule has 0 saturated carbocycles. The Balaban J connectivity index is 0.000000434. The molecule has 6 N–H and O–H groups in total. The molecule has 0 aliphatic heterocycles. The fourth-order valence-electron chi connectivity index (χ4n) is 1.87. The van der Waals surface area contributed by atoms with Crippen LogP contribution in [0.5, 0.6) is 11.5 Å². The number of aliphatic hydroxyl groups is 3. The van der Waals surface area contributed by atoms with Gasteiger partial charge in [-0.25, -0.2) is 4.57 Å². The van der Waals surface area contributed by atoms with Gasteiger partial charge < -0.3 is 34.7 Å². The number of rotatable bonds is 8. The Labute approximate surface area is 164 Å². The lowest BCUT2D eigenvalue weighted by Crippen LogP contribution is -2.32. The lowest BCUT2D eigenvalue weighted by molar-refractivity contribution is 0.136. The summed E-state index contributed by atoms with van der Waals surface area (Å²) in [6.45, 7) is 1.75. The van der Waals surface area contributed by atoms with Crippen molar-refractivity contribution >= 4 is 7.82 Å². The van der Waals surface area contributed by atoms with Gasteiger partial charge in [-0.15, -0.1) is 0 Å². The van der Waals surface area contributed by atoms with E-state index < -0.39 is 7.82 Å². The molecule has 158 valence electrons. The molecule has 0 bridgehead atoms. The molecule has 0 aliphatic carbocycles. The van der Waals surface area contributed by atoms with Crippen molar-refractivity contribution in [2.45, 2.75) is 0 Å². The van der Waals surface area contributed by atoms with E-state index >= 15 is 0 Å². The third-order valence-corrected chi connectivity index (χ3v) is 2.97. The first-order valence-corrected chi connectivity index (χ1v) is 9.97. The smallest absolute Gasteiger partial charge is 0.457 e. The average molecular weight is 417 g/mol. The van der Waals surface area contributed by atoms with E-state index in [9.17, 15) is 0 Å². The van der Waals surface area contributed by atoms with Crippen molar-refractivity contribution < 1.29 is 39.3 Å². The molecule has 0 fully saturated rings. The Hall–Kier alpha value is -1.81. The van der Waals surface area contributed by atoms with Crippen LogP contribution >= 0.6 is 7.82 Å². The number of benzene rings is 2. The summed E-state index contributed by atoms with van der Waals surface area (Å²) in [4.78, 5) is 23.4. The zero-order valence-corrected chi connectivity index (χ0v) is 16.3. The largest absolute Gasteiger partial charge is 0.466 e. The number of ether oxygens (including phenoxy) is 1. The first-order chi connectivity index (χ1) is 13.3. The number of aliphatic hydroxyl groups excluding tert-OH is 3. The van der Waals surface area contributed by atoms with Gasteiger partial charge in [0.1, 0.15) is 11.5 Å². The van der Waals surface area contributed by atoms with E-state index in [0.29, 0.717) is 19.6 Å². The highest BCUT2D eigenvalue weighted by Gasteiger charge is 2.00. The van der Waals surface area contributed by atoms with E-state index in [2.05, 4.69) is 0 Å². The maximum absolute atomic E-state index is 8.88. The molecule has 0 atom stereocenters. The van der Waals surface area contributed by atoms with Crippen molar-refractivity contribution in [2.75, 3.05) is 39.5 Å². The molecule has 0 spiro atoms. The topological polar surface area (TPSA) is 151 Å². The minimum absolute atomic E-state index is 0.0694. The third kappa shape index (κ3) is 17.6. The number of nitrogens with zero attached hydrogens (tertiary/aromatic N) is 1. The van der Waals surface area contributed by atoms with Gasteiger partial charge in [-0.1, -0.05) is 36.4 Å². The molecule has 2 rings (SSSR count). The molecule has 28 heavy (non-hydrogen) atoms. The molecule has 0 saturated heterocycles. The molecule has 2 aromatic carbocycles. The Kier molecular flexibility index (Phi) is 15.1. The Morgan fingerprint density at radius 1 is 0.679 bits per heavy atom. The fraction of sp³-hybridized carbons (Fsp3) is 0.333. The second-order valence-corrected chi connectivity index (χ2v) is 6.28. The summed E-state index contributed by atoms with van der Waals surface area (Å²) >= 11 is 0. The van der Waals surface area contributed by atoms with Crippen LogP contribution in [0.25, 0.3) is 0 Å². The van der Waals surface area contributed by atoms with Gasteiger partial charge >= 0.3 is 7.82 Å². The summed E-state index contributed by atoms with van der Waals surface area (Å²) in [5.74, 6) is 1.74. The maximum Gasteiger partial charge on any atom is 0.466 e. The van der Waals surface area contributed by atoms with Gasteiger partial charge in [-0.2, -0.15) is 0 Å². The summed E-state index contributed by atoms with van der Waals surface area (Å²) in [6, 6.07) is 19.5. The standard InChI is InChI=1S/C12H10O.C6H15NO3.H3O4P/c1-3-7-11(8-4-1)13-12-9-5-2-6-10-12;8-4-1-7(2-5-9)3-6-10;1-5(2,3)4/h1-10H;8-10H,1-6H2;(H3,1,2,3,4). The molecule has 9 nitrogen and oxygen atoms in total. The molecule has 10 heteroatoms. The summed E-state index contributed by atoms with van der Waals surface area (Å²) in [5.41, 5.74) is 0. The summed E-state index contributed by atoms with van der Waals surface area (Å²) < 4.78 is 14.5. The lowest BCUT2D eigenvalue weighted by Gasteiger charge is -2.17. The van der Waals surface area contributed by atoms with Crippen LogP contribution in [-0.2, 0) is 4.57 Å². The van der Waals surface area contributed by atoms with Crippen molar-refractivity contribution in [3.8, 4) is 11.5 Å². The van der Waals surface area contributed by atoms with Gasteiger partial charge in [0.25, 0.3) is 0 Å². The highest BCUT2D eigenvalue weighted by atomic mass is 31.2. The van der Waals surface area contributed by atoms with E-state index in [1.54, 1.807) is 4.90 Å². The SMILES string of the molecule is O=P(O)(O)O.OCCN(CCO)CCO.c1ccc(Oc2ccccc2)cc1. The van der Waals surface area contributed by atoms with Gasteiger partial charge in [-0.3, -0.25) is 4.90 Å². The van der Waals surface area contributed by atoms with Crippen molar-refractivity contribution in [3.63, 3.8) is 0 Å². The molecule has 2 aromatic rings. The van der Waals surface area contributed by atoms with Crippen molar-refractivity contribution in [1.29, 1.82) is 0 Å². The quantitative estimate of drug-likeness (QED) is 0.343. The highest BCUT2D eigenvalue weighted by Crippen LogP contribution is 2.25. The highest BCUT2D eigenvalue weighted by molar-refractivity contribution is 7.45. The van der Waals surface area contributed by atoms with Gasteiger partial charge in [-0.05, 0) is 24.3 Å². The van der Waals surface area contributed by atoms with E-state index in [4.69, 9.17) is 39.3 Å². The van der Waals surface area contributed by atoms with Crippen LogP contribution in [0.15, 0.2) is 60.7 Å². The summed E-state index contributed by atoms with van der Waals surface area (Å²) in [5, 5.41) is 25.5. The number of hydrogen-bond donors (Lipinski definition) is 6. The van der Waals surface area contributed by atoms with E-state index in [-0.39, 0.29) is 19.8 Å². The van der Waals surface area contributed by atoms with Gasteiger partial charge in [0.15, 0.2) is 0 Å². The first kappa shape index (κ1) is 26.2. The third-order valence-electron chi connectivity index (χ3n) is 2.97. The van der Waals surface area contributed by atoms with E-state index in [1.165, 1.54) is 0 Å². The van der Waals surface area contributed by atoms with E-state index in [0.717, 1.165) is 11.5 Å². The van der Waals surface area contributed by atoms with Crippen LogP contribution in [0.4, 0.5) is 0 Å².